The number of rotatable bonds is 3. The van der Waals surface area contributed by atoms with E-state index in [0.29, 0.717) is 5.56 Å². The van der Waals surface area contributed by atoms with E-state index >= 15 is 0 Å². The van der Waals surface area contributed by atoms with E-state index in [0.717, 1.165) is 6.07 Å². The first-order valence-electron chi connectivity index (χ1n) is 3.65. The molecular formula is C7H4BrClF2N2O2. The van der Waals surface area contributed by atoms with E-state index in [9.17, 15) is 18.9 Å². The molecule has 0 amide bonds. The highest BCUT2D eigenvalue weighted by molar-refractivity contribution is 9.10. The number of nitro groups is 1. The third-order valence-electron chi connectivity index (χ3n) is 1.60. The van der Waals surface area contributed by atoms with Crippen LogP contribution in [0.4, 0.5) is 14.5 Å². The standard InChI is InChI=1S/C7H4BrClF2N2O2/c8-6-3(2-9)1-4(13(14)15)5(12-6)7(10)11/h1,7H,2H2. The first-order chi connectivity index (χ1) is 6.97. The second-order valence-corrected chi connectivity index (χ2v) is 3.55. The van der Waals surface area contributed by atoms with Crippen LogP contribution in [0.2, 0.25) is 0 Å². The molecule has 0 bridgehead atoms. The van der Waals surface area contributed by atoms with Crippen molar-refractivity contribution >= 4 is 33.2 Å². The second-order valence-electron chi connectivity index (χ2n) is 2.53. The lowest BCUT2D eigenvalue weighted by Crippen LogP contribution is -2.01. The Morgan fingerprint density at radius 1 is 1.67 bits per heavy atom. The second kappa shape index (κ2) is 4.80. The smallest absolute Gasteiger partial charge is 0.258 e. The van der Waals surface area contributed by atoms with Crippen molar-refractivity contribution in [1.29, 1.82) is 0 Å². The largest absolute Gasteiger partial charge is 0.297 e. The summed E-state index contributed by atoms with van der Waals surface area (Å²) in [5, 5.41) is 10.5. The summed E-state index contributed by atoms with van der Waals surface area (Å²) < 4.78 is 24.9. The molecule has 8 heteroatoms. The Bertz CT molecular complexity index is 403. The minimum absolute atomic E-state index is 0.0437. The summed E-state index contributed by atoms with van der Waals surface area (Å²) in [7, 11) is 0. The molecule has 1 heterocycles. The molecule has 4 nitrogen and oxygen atoms in total. The van der Waals surface area contributed by atoms with Gasteiger partial charge in [0.05, 0.1) is 10.8 Å². The Kier molecular flexibility index (Phi) is 3.92. The van der Waals surface area contributed by atoms with E-state index in [1.165, 1.54) is 0 Å². The Labute approximate surface area is 96.5 Å². The van der Waals surface area contributed by atoms with Crippen LogP contribution in [0.5, 0.6) is 0 Å². The highest BCUT2D eigenvalue weighted by Gasteiger charge is 2.25. The van der Waals surface area contributed by atoms with Gasteiger partial charge in [-0.2, -0.15) is 0 Å². The molecule has 0 spiro atoms. The zero-order chi connectivity index (χ0) is 11.6. The maximum Gasteiger partial charge on any atom is 0.297 e. The van der Waals surface area contributed by atoms with Gasteiger partial charge in [-0.05, 0) is 15.9 Å². The monoisotopic (exact) mass is 300 g/mol. The normalized spacial score (nSPS) is 10.7. The van der Waals surface area contributed by atoms with E-state index in [2.05, 4.69) is 20.9 Å². The molecular weight excluding hydrogens is 297 g/mol. The van der Waals surface area contributed by atoms with Gasteiger partial charge in [0.25, 0.3) is 12.1 Å². The maximum atomic E-state index is 12.4. The number of hydrogen-bond donors (Lipinski definition) is 0. The Balaban J connectivity index is 3.39. The van der Waals surface area contributed by atoms with Crippen molar-refractivity contribution in [2.45, 2.75) is 12.3 Å². The van der Waals surface area contributed by atoms with Crippen LogP contribution in [-0.4, -0.2) is 9.91 Å². The number of pyridine rings is 1. The average molecular weight is 301 g/mol. The van der Waals surface area contributed by atoms with Crippen LogP contribution in [0.15, 0.2) is 10.7 Å². The van der Waals surface area contributed by atoms with Gasteiger partial charge >= 0.3 is 0 Å². The molecule has 0 saturated carbocycles. The van der Waals surface area contributed by atoms with Gasteiger partial charge in [0.2, 0.25) is 0 Å². The lowest BCUT2D eigenvalue weighted by atomic mass is 10.2. The number of hydrogen-bond acceptors (Lipinski definition) is 3. The topological polar surface area (TPSA) is 56.0 Å². The molecule has 82 valence electrons. The SMILES string of the molecule is O=[N+]([O-])c1cc(CCl)c(Br)nc1C(F)F. The average Bonchev–Trinajstić information content (AvgIpc) is 2.16. The Morgan fingerprint density at radius 2 is 2.27 bits per heavy atom. The predicted octanol–water partition coefficient (Wildman–Crippen LogP) is 3.43. The number of nitrogens with zero attached hydrogens (tertiary/aromatic N) is 2. The Morgan fingerprint density at radius 3 is 2.67 bits per heavy atom. The fourth-order valence-electron chi connectivity index (χ4n) is 0.934. The molecule has 0 unspecified atom stereocenters. The molecule has 0 fully saturated rings. The summed E-state index contributed by atoms with van der Waals surface area (Å²) in [4.78, 5) is 13.0. The molecule has 1 rings (SSSR count). The zero-order valence-corrected chi connectivity index (χ0v) is 9.43. The molecule has 0 radical (unpaired) electrons. The van der Waals surface area contributed by atoms with E-state index in [1.807, 2.05) is 0 Å². The van der Waals surface area contributed by atoms with Crippen LogP contribution in [0.1, 0.15) is 17.7 Å². The molecule has 15 heavy (non-hydrogen) atoms. The van der Waals surface area contributed by atoms with Crippen molar-refractivity contribution in [1.82, 2.24) is 4.98 Å². The summed E-state index contributed by atoms with van der Waals surface area (Å²) in [5.74, 6) is -0.0437. The summed E-state index contributed by atoms with van der Waals surface area (Å²) in [6.45, 7) is 0. The van der Waals surface area contributed by atoms with Gasteiger partial charge in [-0.3, -0.25) is 10.1 Å². The van der Waals surface area contributed by atoms with Crippen molar-refractivity contribution in [3.8, 4) is 0 Å². The van der Waals surface area contributed by atoms with E-state index in [4.69, 9.17) is 11.6 Å². The van der Waals surface area contributed by atoms with Crippen molar-refractivity contribution < 1.29 is 13.7 Å². The summed E-state index contributed by atoms with van der Waals surface area (Å²) in [6.07, 6.45) is -2.99. The van der Waals surface area contributed by atoms with Gasteiger partial charge in [0.15, 0.2) is 5.69 Å². The fraction of sp³-hybridized carbons (Fsp3) is 0.286. The number of alkyl halides is 3. The van der Waals surface area contributed by atoms with Crippen LogP contribution in [0.25, 0.3) is 0 Å². The molecule has 0 saturated heterocycles. The molecule has 1 aromatic rings. The molecule has 1 aromatic heterocycles. The van der Waals surface area contributed by atoms with Crippen molar-refractivity contribution in [2.75, 3.05) is 0 Å². The fourth-order valence-corrected chi connectivity index (χ4v) is 1.74. The highest BCUT2D eigenvalue weighted by Crippen LogP contribution is 2.31. The number of halogens is 4. The minimum Gasteiger partial charge on any atom is -0.258 e. The lowest BCUT2D eigenvalue weighted by Gasteiger charge is -2.04. The maximum absolute atomic E-state index is 12.4. The molecule has 0 aliphatic rings. The summed E-state index contributed by atoms with van der Waals surface area (Å²) >= 11 is 8.37. The lowest BCUT2D eigenvalue weighted by molar-refractivity contribution is -0.386. The molecule has 0 N–H and O–H groups in total. The molecule has 0 aromatic carbocycles. The predicted molar refractivity (Wildman–Crippen MR) is 53.1 cm³/mol. The number of aromatic nitrogens is 1. The van der Waals surface area contributed by atoms with Crippen molar-refractivity contribution in [3.63, 3.8) is 0 Å². The van der Waals surface area contributed by atoms with Gasteiger partial charge in [-0.25, -0.2) is 13.8 Å². The summed E-state index contributed by atoms with van der Waals surface area (Å²) in [6, 6.07) is 0.992. The van der Waals surface area contributed by atoms with Gasteiger partial charge < -0.3 is 0 Å². The molecule has 0 aliphatic carbocycles. The summed E-state index contributed by atoms with van der Waals surface area (Å²) in [5.41, 5.74) is -1.28. The van der Waals surface area contributed by atoms with Crippen LogP contribution < -0.4 is 0 Å². The van der Waals surface area contributed by atoms with Crippen molar-refractivity contribution in [2.24, 2.45) is 0 Å². The Hall–Kier alpha value is -0.820. The zero-order valence-electron chi connectivity index (χ0n) is 7.08. The van der Waals surface area contributed by atoms with Gasteiger partial charge in [0.1, 0.15) is 4.60 Å². The molecule has 0 aliphatic heterocycles. The van der Waals surface area contributed by atoms with Crippen LogP contribution in [0.3, 0.4) is 0 Å². The van der Waals surface area contributed by atoms with Gasteiger partial charge in [-0.1, -0.05) is 0 Å². The quantitative estimate of drug-likeness (QED) is 0.372. The van der Waals surface area contributed by atoms with Crippen LogP contribution in [-0.2, 0) is 5.88 Å². The third kappa shape index (κ3) is 2.60. The van der Waals surface area contributed by atoms with Crippen LogP contribution >= 0.6 is 27.5 Å². The van der Waals surface area contributed by atoms with Gasteiger partial charge in [0, 0.05) is 11.6 Å². The van der Waals surface area contributed by atoms with E-state index in [-0.39, 0.29) is 10.5 Å². The highest BCUT2D eigenvalue weighted by atomic mass is 79.9. The van der Waals surface area contributed by atoms with Crippen molar-refractivity contribution in [3.05, 3.63) is 32.0 Å². The third-order valence-corrected chi connectivity index (χ3v) is 2.58. The van der Waals surface area contributed by atoms with E-state index in [1.54, 1.807) is 0 Å². The van der Waals surface area contributed by atoms with Crippen LogP contribution in [0, 0.1) is 10.1 Å². The van der Waals surface area contributed by atoms with Gasteiger partial charge in [-0.15, -0.1) is 11.6 Å². The molecule has 0 atom stereocenters. The minimum atomic E-state index is -2.99. The van der Waals surface area contributed by atoms with E-state index < -0.39 is 22.7 Å². The first-order valence-corrected chi connectivity index (χ1v) is 4.98. The first kappa shape index (κ1) is 12.3.